The van der Waals surface area contributed by atoms with E-state index in [1.807, 2.05) is 53.8 Å². The second kappa shape index (κ2) is 6.65. The topological polar surface area (TPSA) is 69.0 Å². The monoisotopic (exact) mass is 358 g/mol. The quantitative estimate of drug-likeness (QED) is 0.868. The SMILES string of the molecule is Cc1cnc2c(c1)nc(NC(=O)C(C)(C)COC(C)(C)C)n2C1CCC1. The molecule has 2 heterocycles. The second-order valence-electron chi connectivity index (χ2n) is 8.98. The van der Waals surface area contributed by atoms with Crippen LogP contribution in [0.5, 0.6) is 0 Å². The van der Waals surface area contributed by atoms with Crippen molar-refractivity contribution in [3.05, 3.63) is 17.8 Å². The fourth-order valence-electron chi connectivity index (χ4n) is 2.89. The molecule has 0 unspecified atom stereocenters. The summed E-state index contributed by atoms with van der Waals surface area (Å²) in [5.41, 5.74) is 1.81. The lowest BCUT2D eigenvalue weighted by Gasteiger charge is -2.30. The minimum Gasteiger partial charge on any atom is -0.375 e. The van der Waals surface area contributed by atoms with Crippen molar-refractivity contribution in [2.24, 2.45) is 5.41 Å². The Balaban J connectivity index is 1.86. The van der Waals surface area contributed by atoms with E-state index in [-0.39, 0.29) is 11.5 Å². The van der Waals surface area contributed by atoms with E-state index in [1.54, 1.807) is 0 Å². The van der Waals surface area contributed by atoms with Gasteiger partial charge in [0, 0.05) is 12.2 Å². The van der Waals surface area contributed by atoms with Gasteiger partial charge in [-0.3, -0.25) is 14.7 Å². The van der Waals surface area contributed by atoms with Crippen LogP contribution in [0.1, 0.15) is 65.5 Å². The summed E-state index contributed by atoms with van der Waals surface area (Å²) in [6, 6.07) is 2.38. The summed E-state index contributed by atoms with van der Waals surface area (Å²) in [7, 11) is 0. The smallest absolute Gasteiger partial charge is 0.234 e. The van der Waals surface area contributed by atoms with Crippen molar-refractivity contribution in [2.45, 2.75) is 72.4 Å². The highest BCUT2D eigenvalue weighted by Gasteiger charge is 2.33. The molecule has 0 radical (unpaired) electrons. The molecule has 2 aromatic heterocycles. The minimum atomic E-state index is -0.654. The largest absolute Gasteiger partial charge is 0.375 e. The van der Waals surface area contributed by atoms with Gasteiger partial charge >= 0.3 is 0 Å². The van der Waals surface area contributed by atoms with E-state index in [2.05, 4.69) is 19.9 Å². The average Bonchev–Trinajstić information content (AvgIpc) is 2.80. The first-order valence-corrected chi connectivity index (χ1v) is 9.37. The van der Waals surface area contributed by atoms with Crippen molar-refractivity contribution < 1.29 is 9.53 Å². The van der Waals surface area contributed by atoms with E-state index in [1.165, 1.54) is 6.42 Å². The number of anilines is 1. The summed E-state index contributed by atoms with van der Waals surface area (Å²) in [5, 5.41) is 3.04. The van der Waals surface area contributed by atoms with Crippen molar-refractivity contribution in [3.63, 3.8) is 0 Å². The fourth-order valence-corrected chi connectivity index (χ4v) is 2.89. The Hall–Kier alpha value is -1.95. The molecule has 1 aliphatic rings. The number of imidazole rings is 1. The van der Waals surface area contributed by atoms with Crippen LogP contribution in [0, 0.1) is 12.3 Å². The number of fused-ring (bicyclic) bond motifs is 1. The van der Waals surface area contributed by atoms with Crippen LogP contribution in [0.15, 0.2) is 12.3 Å². The number of carbonyl (C=O) groups excluding carboxylic acids is 1. The third-order valence-corrected chi connectivity index (χ3v) is 4.81. The lowest BCUT2D eigenvalue weighted by atomic mass is 9.92. The molecule has 3 rings (SSSR count). The van der Waals surface area contributed by atoms with E-state index in [0.717, 1.165) is 29.6 Å². The molecule has 1 saturated carbocycles. The zero-order valence-electron chi connectivity index (χ0n) is 16.7. The van der Waals surface area contributed by atoms with Gasteiger partial charge in [-0.2, -0.15) is 0 Å². The number of hydrogen-bond donors (Lipinski definition) is 1. The lowest BCUT2D eigenvalue weighted by molar-refractivity contribution is -0.130. The maximum Gasteiger partial charge on any atom is 0.234 e. The summed E-state index contributed by atoms with van der Waals surface area (Å²) in [6.45, 7) is 12.1. The number of hydrogen-bond acceptors (Lipinski definition) is 4. The van der Waals surface area contributed by atoms with E-state index >= 15 is 0 Å². The molecular weight excluding hydrogens is 328 g/mol. The Labute approximate surface area is 155 Å². The van der Waals surface area contributed by atoms with E-state index < -0.39 is 5.41 Å². The minimum absolute atomic E-state index is 0.0886. The Morgan fingerprint density at radius 2 is 2.00 bits per heavy atom. The average molecular weight is 358 g/mol. The van der Waals surface area contributed by atoms with Crippen LogP contribution in [-0.2, 0) is 9.53 Å². The van der Waals surface area contributed by atoms with Gasteiger partial charge in [0.1, 0.15) is 5.52 Å². The first-order chi connectivity index (χ1) is 12.1. The third kappa shape index (κ3) is 3.90. The van der Waals surface area contributed by atoms with E-state index in [0.29, 0.717) is 18.6 Å². The molecule has 142 valence electrons. The molecule has 6 heteroatoms. The van der Waals surface area contributed by atoms with E-state index in [4.69, 9.17) is 4.74 Å². The molecule has 0 spiro atoms. The zero-order valence-corrected chi connectivity index (χ0v) is 16.7. The lowest BCUT2D eigenvalue weighted by Crippen LogP contribution is -2.38. The first-order valence-electron chi connectivity index (χ1n) is 9.37. The molecule has 26 heavy (non-hydrogen) atoms. The number of carbonyl (C=O) groups is 1. The predicted octanol–water partition coefficient (Wildman–Crippen LogP) is 4.24. The number of nitrogens with one attached hydrogen (secondary N) is 1. The van der Waals surface area contributed by atoms with Crippen LogP contribution < -0.4 is 5.32 Å². The van der Waals surface area contributed by atoms with Gasteiger partial charge in [-0.05, 0) is 72.4 Å². The van der Waals surface area contributed by atoms with Crippen molar-refractivity contribution >= 4 is 23.0 Å². The predicted molar refractivity (Wildman–Crippen MR) is 103 cm³/mol. The number of rotatable bonds is 5. The summed E-state index contributed by atoms with van der Waals surface area (Å²) in [5.74, 6) is 0.506. The van der Waals surface area contributed by atoms with Gasteiger partial charge in [0.05, 0.1) is 17.6 Å². The zero-order chi connectivity index (χ0) is 19.1. The van der Waals surface area contributed by atoms with Crippen molar-refractivity contribution in [1.29, 1.82) is 0 Å². The molecular formula is C20H30N4O2. The van der Waals surface area contributed by atoms with Gasteiger partial charge in [0.2, 0.25) is 11.9 Å². The number of pyridine rings is 1. The van der Waals surface area contributed by atoms with Gasteiger partial charge in [0.15, 0.2) is 5.65 Å². The van der Waals surface area contributed by atoms with Crippen LogP contribution in [0.25, 0.3) is 11.2 Å². The molecule has 1 fully saturated rings. The van der Waals surface area contributed by atoms with Crippen molar-refractivity contribution in [2.75, 3.05) is 11.9 Å². The summed E-state index contributed by atoms with van der Waals surface area (Å²) >= 11 is 0. The van der Waals surface area contributed by atoms with Crippen LogP contribution >= 0.6 is 0 Å². The number of nitrogens with zero attached hydrogens (tertiary/aromatic N) is 3. The van der Waals surface area contributed by atoms with Crippen LogP contribution in [0.2, 0.25) is 0 Å². The van der Waals surface area contributed by atoms with Gasteiger partial charge in [-0.15, -0.1) is 0 Å². The molecule has 0 aliphatic heterocycles. The molecule has 1 amide bonds. The van der Waals surface area contributed by atoms with Gasteiger partial charge in [-0.1, -0.05) is 0 Å². The van der Waals surface area contributed by atoms with Gasteiger partial charge in [-0.25, -0.2) is 9.97 Å². The third-order valence-electron chi connectivity index (χ3n) is 4.81. The van der Waals surface area contributed by atoms with Gasteiger partial charge < -0.3 is 4.74 Å². The highest BCUT2D eigenvalue weighted by molar-refractivity contribution is 5.95. The van der Waals surface area contributed by atoms with Crippen LogP contribution in [-0.4, -0.2) is 32.7 Å². The van der Waals surface area contributed by atoms with Crippen molar-refractivity contribution in [3.8, 4) is 0 Å². The molecule has 1 aliphatic carbocycles. The maximum absolute atomic E-state index is 12.9. The number of aromatic nitrogens is 3. The Bertz CT molecular complexity index is 813. The molecule has 6 nitrogen and oxygen atoms in total. The highest BCUT2D eigenvalue weighted by atomic mass is 16.5. The van der Waals surface area contributed by atoms with Crippen molar-refractivity contribution in [1.82, 2.24) is 14.5 Å². The summed E-state index contributed by atoms with van der Waals surface area (Å²) in [6.07, 6.45) is 5.25. The highest BCUT2D eigenvalue weighted by Crippen LogP contribution is 2.37. The normalized spacial score (nSPS) is 15.9. The van der Waals surface area contributed by atoms with Gasteiger partial charge in [0.25, 0.3) is 0 Å². The number of amides is 1. The fraction of sp³-hybridized carbons (Fsp3) is 0.650. The molecule has 0 saturated heterocycles. The molecule has 0 atom stereocenters. The summed E-state index contributed by atoms with van der Waals surface area (Å²) < 4.78 is 7.93. The van der Waals surface area contributed by atoms with Crippen LogP contribution in [0.4, 0.5) is 5.95 Å². The standard InChI is InChI=1S/C20H30N4O2/c1-13-10-15-16(21-11-13)24(14-8-7-9-14)18(22-15)23-17(25)20(5,6)12-26-19(2,3)4/h10-11,14H,7-9,12H2,1-6H3,(H,22,23,25). The Kier molecular flexibility index (Phi) is 4.82. The van der Waals surface area contributed by atoms with Crippen LogP contribution in [0.3, 0.4) is 0 Å². The maximum atomic E-state index is 12.9. The number of ether oxygens (including phenoxy) is 1. The first kappa shape index (κ1) is 18.8. The van der Waals surface area contributed by atoms with E-state index in [9.17, 15) is 4.79 Å². The molecule has 2 aromatic rings. The summed E-state index contributed by atoms with van der Waals surface area (Å²) in [4.78, 5) is 22.1. The molecule has 1 N–H and O–H groups in total. The molecule has 0 bridgehead atoms. The molecule has 0 aromatic carbocycles. The Morgan fingerprint density at radius 1 is 1.31 bits per heavy atom. The number of aryl methyl sites for hydroxylation is 1. The second-order valence-corrected chi connectivity index (χ2v) is 8.98. The Morgan fingerprint density at radius 3 is 2.58 bits per heavy atom.